The maximum Gasteiger partial charge on any atom is 0.244 e. The Morgan fingerprint density at radius 1 is 1.43 bits per heavy atom. The van der Waals surface area contributed by atoms with Gasteiger partial charge in [-0.1, -0.05) is 6.08 Å². The van der Waals surface area contributed by atoms with Crippen molar-refractivity contribution in [1.29, 1.82) is 0 Å². The maximum atomic E-state index is 13.5. The van der Waals surface area contributed by atoms with Crippen LogP contribution in [0.25, 0.3) is 11.0 Å². The molecule has 21 heavy (non-hydrogen) atoms. The molecule has 112 valence electrons. The van der Waals surface area contributed by atoms with Crippen LogP contribution in [0.15, 0.2) is 24.3 Å². The van der Waals surface area contributed by atoms with E-state index in [0.29, 0.717) is 17.9 Å². The summed E-state index contributed by atoms with van der Waals surface area (Å²) < 4.78 is 26.6. The molecule has 0 fully saturated rings. The Bertz CT molecular complexity index is 679. The number of aromatic nitrogens is 2. The maximum absolute atomic E-state index is 13.5. The quantitative estimate of drug-likeness (QED) is 0.823. The molecule has 2 rings (SSSR count). The molecule has 0 bridgehead atoms. The highest BCUT2D eigenvalue weighted by Gasteiger charge is 2.11. The van der Waals surface area contributed by atoms with Crippen LogP contribution in [0, 0.1) is 11.6 Å². The Morgan fingerprint density at radius 3 is 2.90 bits per heavy atom. The first-order chi connectivity index (χ1) is 9.97. The average molecular weight is 294 g/mol. The minimum absolute atomic E-state index is 0.0672. The predicted molar refractivity (Wildman–Crippen MR) is 75.6 cm³/mol. The van der Waals surface area contributed by atoms with Crippen molar-refractivity contribution in [3.63, 3.8) is 0 Å². The number of halogens is 2. The van der Waals surface area contributed by atoms with Crippen molar-refractivity contribution < 1.29 is 13.6 Å². The smallest absolute Gasteiger partial charge is 0.244 e. The van der Waals surface area contributed by atoms with Crippen LogP contribution in [-0.2, 0) is 11.3 Å². The second kappa shape index (κ2) is 6.45. The van der Waals surface area contributed by atoms with Crippen LogP contribution in [0.2, 0.25) is 0 Å². The standard InChI is InChI=1S/C14H16F2N4O/c1-20(2)7-3-4-12(21)17-8-11-18-10-6-5-9(15)13(16)14(10)19-11/h3-6H,7-8H2,1-2H3,(H,17,21)(H,18,19)/b4-3+. The van der Waals surface area contributed by atoms with Gasteiger partial charge in [0.1, 0.15) is 11.3 Å². The predicted octanol–water partition coefficient (Wildman–Crippen LogP) is 1.58. The van der Waals surface area contributed by atoms with E-state index in [0.717, 1.165) is 6.07 Å². The van der Waals surface area contributed by atoms with Crippen molar-refractivity contribution in [3.05, 3.63) is 41.7 Å². The second-order valence-electron chi connectivity index (χ2n) is 4.82. The summed E-state index contributed by atoms with van der Waals surface area (Å²) in [5, 5.41) is 2.61. The zero-order valence-corrected chi connectivity index (χ0v) is 11.8. The molecule has 0 radical (unpaired) electrons. The lowest BCUT2D eigenvalue weighted by molar-refractivity contribution is -0.116. The summed E-state index contributed by atoms with van der Waals surface area (Å²) in [7, 11) is 3.79. The number of H-pyrrole nitrogens is 1. The van der Waals surface area contributed by atoms with Gasteiger partial charge >= 0.3 is 0 Å². The van der Waals surface area contributed by atoms with Gasteiger partial charge in [0.05, 0.1) is 12.1 Å². The molecule has 0 spiro atoms. The van der Waals surface area contributed by atoms with Crippen molar-refractivity contribution in [3.8, 4) is 0 Å². The Morgan fingerprint density at radius 2 is 2.19 bits per heavy atom. The van der Waals surface area contributed by atoms with E-state index in [1.54, 1.807) is 6.08 Å². The topological polar surface area (TPSA) is 61.0 Å². The number of nitrogens with zero attached hydrogens (tertiary/aromatic N) is 2. The van der Waals surface area contributed by atoms with Crippen LogP contribution >= 0.6 is 0 Å². The van der Waals surface area contributed by atoms with Gasteiger partial charge < -0.3 is 15.2 Å². The van der Waals surface area contributed by atoms with Gasteiger partial charge in [-0.15, -0.1) is 0 Å². The molecule has 1 aromatic carbocycles. The number of nitrogens with one attached hydrogen (secondary N) is 2. The summed E-state index contributed by atoms with van der Waals surface area (Å²) in [4.78, 5) is 20.2. The third-order valence-corrected chi connectivity index (χ3v) is 2.76. The van der Waals surface area contributed by atoms with Crippen LogP contribution < -0.4 is 5.32 Å². The number of amides is 1. The zero-order valence-electron chi connectivity index (χ0n) is 11.8. The molecule has 2 N–H and O–H groups in total. The first-order valence-electron chi connectivity index (χ1n) is 6.39. The van der Waals surface area contributed by atoms with Crippen molar-refractivity contribution in [1.82, 2.24) is 20.2 Å². The molecule has 2 aromatic rings. The van der Waals surface area contributed by atoms with E-state index in [-0.39, 0.29) is 18.0 Å². The van der Waals surface area contributed by atoms with Gasteiger partial charge in [-0.25, -0.2) is 13.8 Å². The van der Waals surface area contributed by atoms with E-state index in [4.69, 9.17) is 0 Å². The van der Waals surface area contributed by atoms with Crippen LogP contribution in [0.4, 0.5) is 8.78 Å². The summed E-state index contributed by atoms with van der Waals surface area (Å²) in [6.45, 7) is 0.767. The molecule has 1 heterocycles. The molecular formula is C14H16F2N4O. The zero-order chi connectivity index (χ0) is 15.4. The minimum Gasteiger partial charge on any atom is -0.345 e. The molecule has 0 unspecified atom stereocenters. The number of rotatable bonds is 5. The molecule has 0 atom stereocenters. The monoisotopic (exact) mass is 294 g/mol. The highest BCUT2D eigenvalue weighted by Crippen LogP contribution is 2.17. The molecule has 5 nitrogen and oxygen atoms in total. The summed E-state index contributed by atoms with van der Waals surface area (Å²) in [5.74, 6) is -1.85. The van der Waals surface area contributed by atoms with E-state index in [9.17, 15) is 13.6 Å². The number of carbonyl (C=O) groups excluding carboxylic acids is 1. The first-order valence-corrected chi connectivity index (χ1v) is 6.39. The number of imidazole rings is 1. The van der Waals surface area contributed by atoms with Gasteiger partial charge in [0.25, 0.3) is 0 Å². The highest BCUT2D eigenvalue weighted by molar-refractivity contribution is 5.87. The van der Waals surface area contributed by atoms with Crippen molar-refractivity contribution in [2.24, 2.45) is 0 Å². The van der Waals surface area contributed by atoms with Crippen molar-refractivity contribution in [2.75, 3.05) is 20.6 Å². The summed E-state index contributed by atoms with van der Waals surface area (Å²) in [6, 6.07) is 2.44. The number of carbonyl (C=O) groups is 1. The van der Waals surface area contributed by atoms with Gasteiger partial charge in [-0.3, -0.25) is 4.79 Å². The average Bonchev–Trinajstić information content (AvgIpc) is 2.84. The van der Waals surface area contributed by atoms with Crippen LogP contribution in [-0.4, -0.2) is 41.4 Å². The second-order valence-corrected chi connectivity index (χ2v) is 4.82. The molecule has 7 heteroatoms. The SMILES string of the molecule is CN(C)C/C=C/C(=O)NCc1nc2c(F)c(F)ccc2[nH]1. The van der Waals surface area contributed by atoms with Gasteiger partial charge in [-0.05, 0) is 26.2 Å². The molecule has 1 aromatic heterocycles. The van der Waals surface area contributed by atoms with E-state index in [2.05, 4.69) is 15.3 Å². The summed E-state index contributed by atoms with van der Waals surface area (Å²) in [6.07, 6.45) is 3.14. The fraction of sp³-hybridized carbons (Fsp3) is 0.286. The Hall–Kier alpha value is -2.28. The molecule has 0 aliphatic heterocycles. The first kappa shape index (κ1) is 15.1. The normalized spacial score (nSPS) is 11.7. The largest absolute Gasteiger partial charge is 0.345 e. The number of hydrogen-bond acceptors (Lipinski definition) is 3. The summed E-state index contributed by atoms with van der Waals surface area (Å²) >= 11 is 0. The highest BCUT2D eigenvalue weighted by atomic mass is 19.2. The number of fused-ring (bicyclic) bond motifs is 1. The molecule has 0 saturated heterocycles. The van der Waals surface area contributed by atoms with Gasteiger partial charge in [-0.2, -0.15) is 0 Å². The van der Waals surface area contributed by atoms with Gasteiger partial charge in [0.2, 0.25) is 5.91 Å². The number of likely N-dealkylation sites (N-methyl/N-ethyl adjacent to an activating group) is 1. The number of benzene rings is 1. The summed E-state index contributed by atoms with van der Waals surface area (Å²) in [5.41, 5.74) is 0.323. The lowest BCUT2D eigenvalue weighted by atomic mass is 10.3. The third kappa shape index (κ3) is 3.85. The molecule has 1 amide bonds. The molecular weight excluding hydrogens is 278 g/mol. The Labute approximate surface area is 120 Å². The number of hydrogen-bond donors (Lipinski definition) is 2. The number of aromatic amines is 1. The molecule has 0 aliphatic rings. The van der Waals surface area contributed by atoms with Crippen molar-refractivity contribution >= 4 is 16.9 Å². The lowest BCUT2D eigenvalue weighted by Crippen LogP contribution is -2.21. The fourth-order valence-electron chi connectivity index (χ4n) is 1.75. The van der Waals surface area contributed by atoms with Crippen LogP contribution in [0.5, 0.6) is 0 Å². The Kier molecular flexibility index (Phi) is 4.64. The van der Waals surface area contributed by atoms with Crippen LogP contribution in [0.1, 0.15) is 5.82 Å². The van der Waals surface area contributed by atoms with E-state index < -0.39 is 11.6 Å². The van der Waals surface area contributed by atoms with E-state index >= 15 is 0 Å². The van der Waals surface area contributed by atoms with Gasteiger partial charge in [0, 0.05) is 12.6 Å². The Balaban J connectivity index is 1.99. The van der Waals surface area contributed by atoms with E-state index in [1.807, 2.05) is 19.0 Å². The van der Waals surface area contributed by atoms with Crippen LogP contribution in [0.3, 0.4) is 0 Å². The van der Waals surface area contributed by atoms with Gasteiger partial charge in [0.15, 0.2) is 11.6 Å². The minimum atomic E-state index is -0.993. The molecule has 0 aliphatic carbocycles. The lowest BCUT2D eigenvalue weighted by Gasteiger charge is -2.03. The molecule has 0 saturated carbocycles. The van der Waals surface area contributed by atoms with Crippen molar-refractivity contribution in [2.45, 2.75) is 6.54 Å². The third-order valence-electron chi connectivity index (χ3n) is 2.76. The fourth-order valence-corrected chi connectivity index (χ4v) is 1.75. The van der Waals surface area contributed by atoms with E-state index in [1.165, 1.54) is 12.1 Å².